The number of aryl methyl sites for hydroxylation is 1. The highest BCUT2D eigenvalue weighted by Gasteiger charge is 2.30. The Bertz CT molecular complexity index is 698. The third kappa shape index (κ3) is 4.30. The Balaban J connectivity index is 1.61. The summed E-state index contributed by atoms with van der Waals surface area (Å²) in [7, 11) is 1.83. The maximum Gasteiger partial charge on any atom is 0.257 e. The predicted molar refractivity (Wildman–Crippen MR) is 96.5 cm³/mol. The van der Waals surface area contributed by atoms with Crippen molar-refractivity contribution in [2.75, 3.05) is 26.7 Å². The van der Waals surface area contributed by atoms with E-state index in [1.54, 1.807) is 11.0 Å². The van der Waals surface area contributed by atoms with Gasteiger partial charge in [0.2, 0.25) is 0 Å². The van der Waals surface area contributed by atoms with Crippen LogP contribution in [0.3, 0.4) is 0 Å². The summed E-state index contributed by atoms with van der Waals surface area (Å²) in [5, 5.41) is 0. The van der Waals surface area contributed by atoms with E-state index in [-0.39, 0.29) is 18.1 Å². The number of rotatable bonds is 5. The molecule has 1 aromatic heterocycles. The van der Waals surface area contributed by atoms with E-state index in [4.69, 9.17) is 9.15 Å². The first kappa shape index (κ1) is 17.7. The molecule has 1 aliphatic rings. The van der Waals surface area contributed by atoms with E-state index >= 15 is 0 Å². The summed E-state index contributed by atoms with van der Waals surface area (Å²) in [5.74, 6) is 0.709. The maximum atomic E-state index is 12.6. The topological polar surface area (TPSA) is 45.9 Å². The smallest absolute Gasteiger partial charge is 0.257 e. The molecule has 1 aliphatic heterocycles. The molecule has 25 heavy (non-hydrogen) atoms. The van der Waals surface area contributed by atoms with Gasteiger partial charge in [0, 0.05) is 26.7 Å². The van der Waals surface area contributed by atoms with Gasteiger partial charge in [0.25, 0.3) is 5.91 Å². The molecule has 0 radical (unpaired) electrons. The van der Waals surface area contributed by atoms with Crippen LogP contribution in [0.5, 0.6) is 0 Å². The molecule has 1 saturated heterocycles. The molecule has 3 rings (SSSR count). The molecule has 0 unspecified atom stereocenters. The minimum Gasteiger partial charge on any atom is -0.469 e. The van der Waals surface area contributed by atoms with E-state index in [0.29, 0.717) is 12.2 Å². The van der Waals surface area contributed by atoms with Crippen molar-refractivity contribution in [1.82, 2.24) is 9.80 Å². The van der Waals surface area contributed by atoms with Gasteiger partial charge >= 0.3 is 0 Å². The van der Waals surface area contributed by atoms with Gasteiger partial charge in [-0.25, -0.2) is 0 Å². The lowest BCUT2D eigenvalue weighted by Crippen LogP contribution is -2.52. The van der Waals surface area contributed by atoms with E-state index in [0.717, 1.165) is 25.4 Å². The molecule has 0 spiro atoms. The Morgan fingerprint density at radius 2 is 2.12 bits per heavy atom. The Labute approximate surface area is 149 Å². The standard InChI is InChI=1S/C20H26N2O3/c1-15-11-18(14-25-15)20(23)21(3)16(2)19-13-22(9-10-24-19)12-17-7-5-4-6-8-17/h4-8,11,14,16,19H,9-10,12-13H2,1-3H3/t16-,19-/m1/s1. The molecule has 0 saturated carbocycles. The lowest BCUT2D eigenvalue weighted by molar-refractivity contribution is -0.0615. The van der Waals surface area contributed by atoms with Gasteiger partial charge in [-0.3, -0.25) is 9.69 Å². The lowest BCUT2D eigenvalue weighted by atomic mass is 10.1. The van der Waals surface area contributed by atoms with Crippen molar-refractivity contribution in [3.8, 4) is 0 Å². The van der Waals surface area contributed by atoms with Crippen molar-refractivity contribution in [3.05, 3.63) is 59.5 Å². The molecule has 0 bridgehead atoms. The van der Waals surface area contributed by atoms with Gasteiger partial charge in [-0.15, -0.1) is 0 Å². The van der Waals surface area contributed by atoms with Gasteiger partial charge in [-0.2, -0.15) is 0 Å². The molecule has 0 N–H and O–H groups in total. The van der Waals surface area contributed by atoms with E-state index in [9.17, 15) is 4.79 Å². The molecule has 1 fully saturated rings. The summed E-state index contributed by atoms with van der Waals surface area (Å²) in [4.78, 5) is 16.8. The molecular weight excluding hydrogens is 316 g/mol. The lowest BCUT2D eigenvalue weighted by Gasteiger charge is -2.39. The van der Waals surface area contributed by atoms with Crippen LogP contribution in [0.2, 0.25) is 0 Å². The molecule has 2 heterocycles. The minimum absolute atomic E-state index is 0.000546. The normalized spacial score (nSPS) is 19.6. The fourth-order valence-electron chi connectivity index (χ4n) is 3.20. The fourth-order valence-corrected chi connectivity index (χ4v) is 3.20. The van der Waals surface area contributed by atoms with Gasteiger partial charge < -0.3 is 14.1 Å². The highest BCUT2D eigenvalue weighted by atomic mass is 16.5. The molecule has 1 amide bonds. The zero-order valence-corrected chi connectivity index (χ0v) is 15.1. The molecule has 2 aromatic rings. The number of morpholine rings is 1. The maximum absolute atomic E-state index is 12.6. The van der Waals surface area contributed by atoms with Gasteiger partial charge in [-0.05, 0) is 25.5 Å². The molecular formula is C20H26N2O3. The van der Waals surface area contributed by atoms with Gasteiger partial charge in [-0.1, -0.05) is 30.3 Å². The van der Waals surface area contributed by atoms with Crippen LogP contribution in [0.15, 0.2) is 47.1 Å². The van der Waals surface area contributed by atoms with Crippen LogP contribution < -0.4 is 0 Å². The number of ether oxygens (including phenoxy) is 1. The van der Waals surface area contributed by atoms with Gasteiger partial charge in [0.05, 0.1) is 24.3 Å². The largest absolute Gasteiger partial charge is 0.469 e. The zero-order valence-electron chi connectivity index (χ0n) is 15.1. The fraction of sp³-hybridized carbons (Fsp3) is 0.450. The van der Waals surface area contributed by atoms with Crippen LogP contribution in [0.25, 0.3) is 0 Å². The van der Waals surface area contributed by atoms with Gasteiger partial charge in [0.1, 0.15) is 12.0 Å². The third-order valence-corrected chi connectivity index (χ3v) is 4.87. The second-order valence-electron chi connectivity index (χ2n) is 6.73. The average molecular weight is 342 g/mol. The average Bonchev–Trinajstić information content (AvgIpc) is 3.07. The summed E-state index contributed by atoms with van der Waals surface area (Å²) in [6, 6.07) is 12.2. The Kier molecular flexibility index (Phi) is 5.56. The molecule has 1 aromatic carbocycles. The molecule has 5 nitrogen and oxygen atoms in total. The second-order valence-corrected chi connectivity index (χ2v) is 6.73. The van der Waals surface area contributed by atoms with Crippen molar-refractivity contribution in [1.29, 1.82) is 0 Å². The van der Waals surface area contributed by atoms with Crippen molar-refractivity contribution in [2.45, 2.75) is 32.5 Å². The van der Waals surface area contributed by atoms with E-state index in [1.165, 1.54) is 11.8 Å². The first-order valence-electron chi connectivity index (χ1n) is 8.75. The van der Waals surface area contributed by atoms with Gasteiger partial charge in [0.15, 0.2) is 0 Å². The third-order valence-electron chi connectivity index (χ3n) is 4.87. The number of amides is 1. The van der Waals surface area contributed by atoms with Crippen LogP contribution in [0.1, 0.15) is 28.6 Å². The number of hydrogen-bond acceptors (Lipinski definition) is 4. The summed E-state index contributed by atoms with van der Waals surface area (Å²) in [6.07, 6.45) is 1.52. The molecule has 0 aliphatic carbocycles. The molecule has 2 atom stereocenters. The van der Waals surface area contributed by atoms with Crippen molar-refractivity contribution < 1.29 is 13.9 Å². The first-order valence-corrected chi connectivity index (χ1v) is 8.75. The molecule has 5 heteroatoms. The first-order chi connectivity index (χ1) is 12.0. The number of hydrogen-bond donors (Lipinski definition) is 0. The number of carbonyl (C=O) groups is 1. The second kappa shape index (κ2) is 7.85. The van der Waals surface area contributed by atoms with E-state index < -0.39 is 0 Å². The van der Waals surface area contributed by atoms with Crippen LogP contribution in [0.4, 0.5) is 0 Å². The summed E-state index contributed by atoms with van der Waals surface area (Å²) in [5.41, 5.74) is 1.89. The van der Waals surface area contributed by atoms with Crippen LogP contribution in [-0.2, 0) is 11.3 Å². The SMILES string of the molecule is Cc1cc(C(=O)N(C)[C@H](C)[C@H]2CN(Cc3ccccc3)CCO2)co1. The summed E-state index contributed by atoms with van der Waals surface area (Å²) < 4.78 is 11.2. The number of benzene rings is 1. The monoisotopic (exact) mass is 342 g/mol. The Morgan fingerprint density at radius 1 is 1.36 bits per heavy atom. The van der Waals surface area contributed by atoms with Crippen LogP contribution in [0, 0.1) is 6.92 Å². The van der Waals surface area contributed by atoms with Crippen molar-refractivity contribution >= 4 is 5.91 Å². The Hall–Kier alpha value is -2.11. The quantitative estimate of drug-likeness (QED) is 0.838. The molecule has 134 valence electrons. The highest BCUT2D eigenvalue weighted by molar-refractivity contribution is 5.94. The number of likely N-dealkylation sites (N-methyl/N-ethyl adjacent to an activating group) is 1. The van der Waals surface area contributed by atoms with Crippen molar-refractivity contribution in [3.63, 3.8) is 0 Å². The minimum atomic E-state index is -0.0341. The Morgan fingerprint density at radius 3 is 2.80 bits per heavy atom. The van der Waals surface area contributed by atoms with Crippen LogP contribution in [-0.4, -0.2) is 54.6 Å². The number of furan rings is 1. The summed E-state index contributed by atoms with van der Waals surface area (Å²) >= 11 is 0. The summed E-state index contributed by atoms with van der Waals surface area (Å²) in [6.45, 7) is 7.21. The van der Waals surface area contributed by atoms with Crippen molar-refractivity contribution in [2.24, 2.45) is 0 Å². The zero-order chi connectivity index (χ0) is 17.8. The van der Waals surface area contributed by atoms with E-state index in [2.05, 4.69) is 29.2 Å². The number of carbonyl (C=O) groups excluding carboxylic acids is 1. The van der Waals surface area contributed by atoms with E-state index in [1.807, 2.05) is 27.0 Å². The predicted octanol–water partition coefficient (Wildman–Crippen LogP) is 2.95. The number of nitrogens with zero attached hydrogens (tertiary/aromatic N) is 2. The highest BCUT2D eigenvalue weighted by Crippen LogP contribution is 2.18. The van der Waals surface area contributed by atoms with Crippen LogP contribution >= 0.6 is 0 Å².